The minimum Gasteiger partial charge on any atom is -0.444 e. The molecule has 0 aliphatic rings. The third-order valence-electron chi connectivity index (χ3n) is 9.29. The van der Waals surface area contributed by atoms with Crippen LogP contribution in [0.15, 0.2) is 60.7 Å². The third-order valence-corrected chi connectivity index (χ3v) is 9.29. The van der Waals surface area contributed by atoms with Crippen LogP contribution < -0.4 is 21.3 Å². The van der Waals surface area contributed by atoms with Gasteiger partial charge in [-0.05, 0) is 103 Å². The van der Waals surface area contributed by atoms with Gasteiger partial charge < -0.3 is 24.5 Å². The monoisotopic (exact) mass is 818 g/mol. The first-order chi connectivity index (χ1) is 28.7. The summed E-state index contributed by atoms with van der Waals surface area (Å²) < 4.78 is 12.1. The molecule has 6 rings (SSSR count). The van der Waals surface area contributed by atoms with Crippen LogP contribution in [0.1, 0.15) is 94.1 Å². The number of aromatic nitrogens is 8. The zero-order valence-corrected chi connectivity index (χ0v) is 34.8. The molecular weight excluding hydrogens is 769 g/mol. The van der Waals surface area contributed by atoms with Crippen LogP contribution in [0.5, 0.6) is 0 Å². The SMILES string of the molecule is CCn1nc(C)cc1C(=O)Nc1nc2cc(C=O)ccc2n1C/C=C/Cn1c(NC(=O)c2cc(C)nn2CC)nc2cc(C(=O)NCCCNC(=O)OC(C)(C)C)ccc21. The van der Waals surface area contributed by atoms with E-state index in [1.165, 1.54) is 0 Å². The molecule has 0 bridgehead atoms. The van der Waals surface area contributed by atoms with Crippen molar-refractivity contribution >= 4 is 64.1 Å². The summed E-state index contributed by atoms with van der Waals surface area (Å²) in [6, 6.07) is 13.7. The van der Waals surface area contributed by atoms with Crippen molar-refractivity contribution in [1.29, 1.82) is 0 Å². The Labute approximate surface area is 346 Å². The minimum atomic E-state index is -0.607. The highest BCUT2D eigenvalue weighted by Crippen LogP contribution is 2.24. The number of aldehydes is 1. The van der Waals surface area contributed by atoms with Gasteiger partial charge in [0.25, 0.3) is 17.7 Å². The van der Waals surface area contributed by atoms with Gasteiger partial charge in [0, 0.05) is 50.4 Å². The lowest BCUT2D eigenvalue weighted by Crippen LogP contribution is -2.34. The van der Waals surface area contributed by atoms with Crippen LogP contribution in [0.4, 0.5) is 16.7 Å². The molecule has 0 atom stereocenters. The molecule has 18 heteroatoms. The van der Waals surface area contributed by atoms with E-state index in [0.717, 1.165) is 6.29 Å². The number of allylic oxidation sites excluding steroid dienone is 2. The fourth-order valence-corrected chi connectivity index (χ4v) is 6.58. The van der Waals surface area contributed by atoms with Crippen molar-refractivity contribution in [3.63, 3.8) is 0 Å². The standard InChI is InChI=1S/C42H50N12O6/c1-8-53-34(21-26(3)49-53)37(57)47-39-45-30-23-28(25-55)13-15-32(30)51(39)19-10-11-20-52-33-16-14-29(36(56)43-17-12-18-44-41(59)60-42(5,6)7)24-31(33)46-40(52)48-38(58)35-22-27(4)50-54(35)9-2/h10-11,13-16,21-25H,8-9,12,17-20H2,1-7H3,(H,43,56)(H,44,59)(H,45,47,57)(H,46,48,58)/b11-10+. The van der Waals surface area contributed by atoms with Crippen LogP contribution in [-0.4, -0.2) is 87.5 Å². The minimum absolute atomic E-state index is 0.261. The van der Waals surface area contributed by atoms with E-state index in [2.05, 4.69) is 36.4 Å². The lowest BCUT2D eigenvalue weighted by atomic mass is 10.2. The van der Waals surface area contributed by atoms with E-state index >= 15 is 0 Å². The van der Waals surface area contributed by atoms with Gasteiger partial charge in [0.2, 0.25) is 11.9 Å². The summed E-state index contributed by atoms with van der Waals surface area (Å²) in [6.07, 6.45) is 4.51. The van der Waals surface area contributed by atoms with E-state index < -0.39 is 17.6 Å². The topological polar surface area (TPSA) is 214 Å². The van der Waals surface area contributed by atoms with Crippen molar-refractivity contribution in [2.45, 2.75) is 86.7 Å². The first-order valence-corrected chi connectivity index (χ1v) is 19.7. The number of ether oxygens (including phenoxy) is 1. The number of nitrogens with zero attached hydrogens (tertiary/aromatic N) is 8. The Hall–Kier alpha value is -7.11. The molecule has 0 aliphatic heterocycles. The third kappa shape index (κ3) is 9.94. The highest BCUT2D eigenvalue weighted by atomic mass is 16.6. The van der Waals surface area contributed by atoms with E-state index in [4.69, 9.17) is 9.72 Å². The number of amides is 4. The Morgan fingerprint density at radius 3 is 1.73 bits per heavy atom. The number of benzene rings is 2. The van der Waals surface area contributed by atoms with Gasteiger partial charge >= 0.3 is 6.09 Å². The average Bonchev–Trinajstić information content (AvgIpc) is 3.97. The molecule has 4 heterocycles. The summed E-state index contributed by atoms with van der Waals surface area (Å²) in [6.45, 7) is 15.0. The first-order valence-electron chi connectivity index (χ1n) is 19.7. The van der Waals surface area contributed by atoms with Crippen molar-refractivity contribution in [2.24, 2.45) is 0 Å². The largest absolute Gasteiger partial charge is 0.444 e. The lowest BCUT2D eigenvalue weighted by molar-refractivity contribution is 0.0527. The number of carbonyl (C=O) groups is 5. The molecule has 4 N–H and O–H groups in total. The molecule has 0 radical (unpaired) electrons. The smallest absolute Gasteiger partial charge is 0.407 e. The number of nitrogens with one attached hydrogen (secondary N) is 4. The number of hydrogen-bond acceptors (Lipinski definition) is 10. The molecule has 60 heavy (non-hydrogen) atoms. The van der Waals surface area contributed by atoms with Crippen LogP contribution in [0, 0.1) is 13.8 Å². The molecule has 4 amide bonds. The number of anilines is 2. The second-order valence-electron chi connectivity index (χ2n) is 15.1. The zero-order valence-electron chi connectivity index (χ0n) is 34.8. The highest BCUT2D eigenvalue weighted by Gasteiger charge is 2.21. The maximum Gasteiger partial charge on any atom is 0.407 e. The number of rotatable bonds is 16. The summed E-state index contributed by atoms with van der Waals surface area (Å²) in [7, 11) is 0. The fourth-order valence-electron chi connectivity index (χ4n) is 6.58. The number of aryl methyl sites for hydroxylation is 4. The molecule has 2 aromatic carbocycles. The molecule has 4 aromatic heterocycles. The van der Waals surface area contributed by atoms with Crippen LogP contribution in [0.2, 0.25) is 0 Å². The normalized spacial score (nSPS) is 11.7. The fraction of sp³-hybridized carbons (Fsp3) is 0.357. The van der Waals surface area contributed by atoms with Crippen molar-refractivity contribution < 1.29 is 28.7 Å². The number of fused-ring (bicyclic) bond motifs is 2. The number of hydrogen-bond donors (Lipinski definition) is 4. The summed E-state index contributed by atoms with van der Waals surface area (Å²) in [5.41, 5.74) is 4.78. The summed E-state index contributed by atoms with van der Waals surface area (Å²) in [4.78, 5) is 73.1. The van der Waals surface area contributed by atoms with Crippen LogP contribution in [0.25, 0.3) is 22.1 Å². The Morgan fingerprint density at radius 1 is 0.700 bits per heavy atom. The van der Waals surface area contributed by atoms with Crippen molar-refractivity contribution in [1.82, 2.24) is 49.3 Å². The Bertz CT molecular complexity index is 2600. The molecule has 0 saturated carbocycles. The van der Waals surface area contributed by atoms with Crippen LogP contribution >= 0.6 is 0 Å². The molecular formula is C42H50N12O6. The Morgan fingerprint density at radius 2 is 1.22 bits per heavy atom. The van der Waals surface area contributed by atoms with Gasteiger partial charge in [-0.1, -0.05) is 12.2 Å². The van der Waals surface area contributed by atoms with E-state index in [-0.39, 0.29) is 30.3 Å². The average molecular weight is 819 g/mol. The van der Waals surface area contributed by atoms with Gasteiger partial charge in [-0.15, -0.1) is 0 Å². The maximum absolute atomic E-state index is 13.6. The maximum atomic E-state index is 13.6. The van der Waals surface area contributed by atoms with Crippen molar-refractivity contribution in [3.8, 4) is 0 Å². The number of carbonyl (C=O) groups excluding carboxylic acids is 5. The van der Waals surface area contributed by atoms with Crippen LogP contribution in [0.3, 0.4) is 0 Å². The first kappa shape index (κ1) is 42.5. The van der Waals surface area contributed by atoms with Gasteiger partial charge in [0.15, 0.2) is 0 Å². The molecule has 0 spiro atoms. The van der Waals surface area contributed by atoms with E-state index in [1.807, 2.05) is 49.0 Å². The van der Waals surface area contributed by atoms with Crippen LogP contribution in [-0.2, 0) is 30.9 Å². The van der Waals surface area contributed by atoms with Gasteiger partial charge in [0.1, 0.15) is 23.3 Å². The molecule has 0 fully saturated rings. The molecule has 314 valence electrons. The second-order valence-corrected chi connectivity index (χ2v) is 15.1. The van der Waals surface area contributed by atoms with Gasteiger partial charge in [-0.3, -0.25) is 39.2 Å². The van der Waals surface area contributed by atoms with Gasteiger partial charge in [-0.2, -0.15) is 10.2 Å². The van der Waals surface area contributed by atoms with E-state index in [0.29, 0.717) is 95.1 Å². The summed E-state index contributed by atoms with van der Waals surface area (Å²) >= 11 is 0. The lowest BCUT2D eigenvalue weighted by Gasteiger charge is -2.19. The molecule has 18 nitrogen and oxygen atoms in total. The van der Waals surface area contributed by atoms with E-state index in [9.17, 15) is 24.0 Å². The van der Waals surface area contributed by atoms with Crippen molar-refractivity contribution in [2.75, 3.05) is 23.7 Å². The second kappa shape index (κ2) is 18.2. The Balaban J connectivity index is 1.23. The quantitative estimate of drug-likeness (QED) is 0.0535. The molecule has 0 aliphatic carbocycles. The number of imidazole rings is 2. The Kier molecular flexibility index (Phi) is 12.9. The molecule has 0 unspecified atom stereocenters. The summed E-state index contributed by atoms with van der Waals surface area (Å²) in [5, 5.41) is 20.2. The predicted octanol–water partition coefficient (Wildman–Crippen LogP) is 5.65. The molecule has 0 saturated heterocycles. The van der Waals surface area contributed by atoms with Gasteiger partial charge in [-0.25, -0.2) is 14.8 Å². The van der Waals surface area contributed by atoms with Gasteiger partial charge in [0.05, 0.1) is 33.5 Å². The van der Waals surface area contributed by atoms with E-state index in [1.54, 1.807) is 78.7 Å². The van der Waals surface area contributed by atoms with Crippen molar-refractivity contribution in [3.05, 3.63) is 94.6 Å². The summed E-state index contributed by atoms with van der Waals surface area (Å²) in [5.74, 6) is -0.533. The molecule has 6 aromatic rings. The predicted molar refractivity (Wildman–Crippen MR) is 226 cm³/mol. The number of alkyl carbamates (subject to hydrolysis) is 1. The highest BCUT2D eigenvalue weighted by molar-refractivity contribution is 6.04. The zero-order chi connectivity index (χ0) is 43.1.